The van der Waals surface area contributed by atoms with Crippen LogP contribution in [0.15, 0.2) is 79.1 Å². The zero-order valence-electron chi connectivity index (χ0n) is 31.2. The molecule has 1 aliphatic carbocycles. The van der Waals surface area contributed by atoms with Crippen LogP contribution < -0.4 is 32.3 Å². The second-order valence-corrected chi connectivity index (χ2v) is 13.9. The topological polar surface area (TPSA) is 213 Å². The van der Waals surface area contributed by atoms with Crippen molar-refractivity contribution in [3.8, 4) is 0 Å². The highest BCUT2D eigenvalue weighted by atomic mass is 16.2. The van der Waals surface area contributed by atoms with E-state index in [4.69, 9.17) is 5.73 Å². The van der Waals surface area contributed by atoms with Crippen molar-refractivity contribution in [3.05, 3.63) is 90.3 Å². The van der Waals surface area contributed by atoms with Crippen molar-refractivity contribution in [1.29, 1.82) is 0 Å². The molecule has 2 aromatic heterocycles. The Morgan fingerprint density at radius 1 is 0.891 bits per heavy atom. The molecule has 14 nitrogen and oxygen atoms in total. The first-order chi connectivity index (χ1) is 26.7. The summed E-state index contributed by atoms with van der Waals surface area (Å²) >= 11 is 0. The molecule has 2 heterocycles. The predicted octanol–water partition coefficient (Wildman–Crippen LogP) is 4.78. The summed E-state index contributed by atoms with van der Waals surface area (Å²) in [5, 5.41) is 14.7. The van der Waals surface area contributed by atoms with Crippen LogP contribution in [-0.4, -0.2) is 68.7 Å². The number of primary amides is 1. The minimum absolute atomic E-state index is 0.239. The normalized spacial score (nSPS) is 14.8. The summed E-state index contributed by atoms with van der Waals surface area (Å²) in [5.74, 6) is -1.81. The van der Waals surface area contributed by atoms with Crippen molar-refractivity contribution in [1.82, 2.24) is 36.2 Å². The zero-order valence-corrected chi connectivity index (χ0v) is 31.2. The number of unbranched alkanes of at least 4 members (excludes halogenated alkanes) is 2. The third kappa shape index (κ3) is 11.7. The molecule has 2 aromatic carbocycles. The number of carbonyl (C=O) groups is 5. The smallest absolute Gasteiger partial charge is 0.252 e. The van der Waals surface area contributed by atoms with Gasteiger partial charge in [0.1, 0.15) is 17.6 Å². The molecule has 0 aliphatic heterocycles. The number of anilines is 2. The highest BCUT2D eigenvalue weighted by molar-refractivity contribution is 5.99. The second-order valence-electron chi connectivity index (χ2n) is 13.9. The molecule has 14 heteroatoms. The lowest BCUT2D eigenvalue weighted by Gasteiger charge is -2.36. The molecule has 2 atom stereocenters. The summed E-state index contributed by atoms with van der Waals surface area (Å²) in [6.45, 7) is 2.33. The largest absolute Gasteiger partial charge is 0.368 e. The molecule has 0 radical (unpaired) electrons. The highest BCUT2D eigenvalue weighted by Gasteiger charge is 2.41. The average molecular weight is 750 g/mol. The van der Waals surface area contributed by atoms with Crippen LogP contribution in [0.2, 0.25) is 0 Å². The predicted molar refractivity (Wildman–Crippen MR) is 212 cm³/mol. The number of nitrogens with two attached hydrogens (primary N) is 1. The van der Waals surface area contributed by atoms with E-state index in [1.54, 1.807) is 48.8 Å². The number of nitrogens with zero attached hydrogens (tertiary/aromatic N) is 2. The fourth-order valence-corrected chi connectivity index (χ4v) is 6.65. The number of H-pyrrole nitrogens is 1. The fraction of sp³-hybridized carbons (Fsp3) is 0.390. The lowest BCUT2D eigenvalue weighted by molar-refractivity contribution is -0.135. The van der Waals surface area contributed by atoms with Crippen LogP contribution in [0.25, 0.3) is 17.1 Å². The number of rotatable bonds is 19. The molecule has 8 N–H and O–H groups in total. The summed E-state index contributed by atoms with van der Waals surface area (Å²) in [6, 6.07) is 16.1. The van der Waals surface area contributed by atoms with Crippen LogP contribution in [0.5, 0.6) is 0 Å². The molecule has 4 aromatic rings. The van der Waals surface area contributed by atoms with Gasteiger partial charge in [-0.2, -0.15) is 0 Å². The van der Waals surface area contributed by atoms with Gasteiger partial charge in [0.25, 0.3) is 5.91 Å². The van der Waals surface area contributed by atoms with Crippen molar-refractivity contribution < 1.29 is 24.0 Å². The maximum Gasteiger partial charge on any atom is 0.252 e. The van der Waals surface area contributed by atoms with Gasteiger partial charge in [-0.25, -0.2) is 4.98 Å². The van der Waals surface area contributed by atoms with E-state index < -0.39 is 41.3 Å². The number of benzene rings is 2. The van der Waals surface area contributed by atoms with Crippen LogP contribution >= 0.6 is 0 Å². The van der Waals surface area contributed by atoms with E-state index in [0.29, 0.717) is 62.3 Å². The van der Waals surface area contributed by atoms with Crippen molar-refractivity contribution in [2.45, 2.75) is 95.2 Å². The van der Waals surface area contributed by atoms with E-state index in [-0.39, 0.29) is 12.3 Å². The molecule has 1 fully saturated rings. The summed E-state index contributed by atoms with van der Waals surface area (Å²) in [6.07, 6.45) is 12.8. The number of hydrogen-bond donors (Lipinski definition) is 7. The lowest BCUT2D eigenvalue weighted by atomic mass is 9.80. The maximum atomic E-state index is 14.0. The van der Waals surface area contributed by atoms with Crippen LogP contribution in [0.1, 0.15) is 93.5 Å². The molecule has 290 valence electrons. The van der Waals surface area contributed by atoms with E-state index in [0.717, 1.165) is 42.3 Å². The number of imidazole rings is 1. The minimum Gasteiger partial charge on any atom is -0.368 e. The van der Waals surface area contributed by atoms with Crippen LogP contribution in [0, 0.1) is 0 Å². The molecule has 0 unspecified atom stereocenters. The number of amides is 5. The van der Waals surface area contributed by atoms with Crippen molar-refractivity contribution in [2.75, 3.05) is 11.9 Å². The van der Waals surface area contributed by atoms with E-state index in [1.165, 1.54) is 6.08 Å². The van der Waals surface area contributed by atoms with Crippen LogP contribution in [0.4, 0.5) is 11.6 Å². The van der Waals surface area contributed by atoms with Crippen LogP contribution in [0.3, 0.4) is 0 Å². The molecule has 5 amide bonds. The highest BCUT2D eigenvalue weighted by Crippen LogP contribution is 2.28. The Kier molecular flexibility index (Phi) is 14.5. The third-order valence-electron chi connectivity index (χ3n) is 9.75. The van der Waals surface area contributed by atoms with Gasteiger partial charge in [-0.15, -0.1) is 0 Å². The monoisotopic (exact) mass is 749 g/mol. The van der Waals surface area contributed by atoms with Gasteiger partial charge < -0.3 is 37.3 Å². The molecule has 5 rings (SSSR count). The number of fused-ring (bicyclic) bond motifs is 1. The Morgan fingerprint density at radius 3 is 2.42 bits per heavy atom. The zero-order chi connectivity index (χ0) is 39.0. The number of para-hydroxylation sites is 2. The van der Waals surface area contributed by atoms with Crippen LogP contribution in [-0.2, 0) is 19.2 Å². The summed E-state index contributed by atoms with van der Waals surface area (Å²) in [4.78, 5) is 78.1. The van der Waals surface area contributed by atoms with Gasteiger partial charge in [-0.3, -0.25) is 29.0 Å². The Labute approximate surface area is 320 Å². The maximum absolute atomic E-state index is 14.0. The molecule has 1 aliphatic rings. The van der Waals surface area contributed by atoms with E-state index in [9.17, 15) is 24.0 Å². The first-order valence-corrected chi connectivity index (χ1v) is 19.1. The van der Waals surface area contributed by atoms with Gasteiger partial charge in [-0.1, -0.05) is 63.3 Å². The number of pyridine rings is 1. The first kappa shape index (κ1) is 40.1. The van der Waals surface area contributed by atoms with Gasteiger partial charge >= 0.3 is 0 Å². The SMILES string of the molecule is CCCC[C@@H](NC(=O)[C@@H](CCCCNC(=O)/C=C/c1cccnc1)NC(=O)c1cccc(Nc2nc3ccccc3[nH]2)c1)C(=O)NC1(C(N)=O)CCCCC1. The number of carbonyl (C=O) groups excluding carboxylic acids is 5. The van der Waals surface area contributed by atoms with Gasteiger partial charge in [0.05, 0.1) is 11.0 Å². The number of aromatic amines is 1. The average Bonchev–Trinajstić information content (AvgIpc) is 3.61. The standard InChI is InChI=1S/C41H51N9O5/c1-2-3-16-34(38(54)50-41(39(42)55)22-8-4-9-23-41)47-37(53)33(19-7-10-25-44-35(51)21-20-28-13-12-24-43-27-28)46-36(52)29-14-11-15-30(26-29)45-40-48-31-17-5-6-18-32(31)49-40/h5-6,11-15,17-18,20-21,24,26-27,33-34H,2-4,7-10,16,19,22-23,25H2,1H3,(H2,42,55)(H,44,51)(H,46,52)(H,47,53)(H,50,54)(H2,45,48,49)/b21-20+/t33-,34-/m1/s1. The van der Waals surface area contributed by atoms with Gasteiger partial charge in [0, 0.05) is 36.3 Å². The molecule has 0 saturated heterocycles. The Bertz CT molecular complexity index is 1920. The minimum atomic E-state index is -1.16. The number of aromatic nitrogens is 3. The van der Waals surface area contributed by atoms with Gasteiger partial charge in [-0.05, 0) is 86.6 Å². The first-order valence-electron chi connectivity index (χ1n) is 19.1. The summed E-state index contributed by atoms with van der Waals surface area (Å²) < 4.78 is 0. The lowest BCUT2D eigenvalue weighted by Crippen LogP contribution is -2.62. The quantitative estimate of drug-likeness (QED) is 0.0522. The summed E-state index contributed by atoms with van der Waals surface area (Å²) in [7, 11) is 0. The summed E-state index contributed by atoms with van der Waals surface area (Å²) in [5.41, 5.74) is 8.02. The third-order valence-corrected chi connectivity index (χ3v) is 9.75. The van der Waals surface area contributed by atoms with Crippen molar-refractivity contribution >= 4 is 58.3 Å². The molecule has 1 saturated carbocycles. The molecule has 0 spiro atoms. The number of hydrogen-bond acceptors (Lipinski definition) is 8. The van der Waals surface area contributed by atoms with E-state index in [1.807, 2.05) is 37.3 Å². The van der Waals surface area contributed by atoms with Gasteiger partial charge in [0.15, 0.2) is 0 Å². The van der Waals surface area contributed by atoms with Crippen molar-refractivity contribution in [3.63, 3.8) is 0 Å². The molecule has 55 heavy (non-hydrogen) atoms. The van der Waals surface area contributed by atoms with Gasteiger partial charge in [0.2, 0.25) is 29.6 Å². The fourth-order valence-electron chi connectivity index (χ4n) is 6.65. The number of nitrogens with one attached hydrogen (secondary N) is 6. The molecule has 0 bridgehead atoms. The molecular formula is C41H51N9O5. The Hall–Kier alpha value is -6.05. The molecular weight excluding hydrogens is 699 g/mol. The van der Waals surface area contributed by atoms with E-state index >= 15 is 0 Å². The second kappa shape index (κ2) is 19.9. The Balaban J connectivity index is 1.26. The van der Waals surface area contributed by atoms with E-state index in [2.05, 4.69) is 41.5 Å². The van der Waals surface area contributed by atoms with Crippen molar-refractivity contribution in [2.24, 2.45) is 5.73 Å². The Morgan fingerprint density at radius 2 is 1.67 bits per heavy atom.